The Morgan fingerprint density at radius 1 is 1.21 bits per heavy atom. The average Bonchev–Trinajstić information content (AvgIpc) is 2.86. The topological polar surface area (TPSA) is 71.2 Å². The number of benzene rings is 1. The normalized spacial score (nSPS) is 10.4. The summed E-state index contributed by atoms with van der Waals surface area (Å²) in [4.78, 5) is 14.5. The second-order valence-electron chi connectivity index (χ2n) is 3.97. The van der Waals surface area contributed by atoms with Gasteiger partial charge in [0.15, 0.2) is 5.82 Å². The van der Waals surface area contributed by atoms with Crippen molar-refractivity contribution in [2.45, 2.75) is 13.8 Å². The molecule has 1 heterocycles. The number of carboxylic acid groups (broad SMARTS) is 1. The molecule has 0 aliphatic heterocycles. The second kappa shape index (κ2) is 5.51. The molecule has 0 fully saturated rings. The van der Waals surface area contributed by atoms with Gasteiger partial charge < -0.3 is 10.0 Å². The SMILES string of the molecule is CCN(CC)c1nn(-c2ccccc2)nc1C(=O)O. The van der Waals surface area contributed by atoms with E-state index in [1.165, 1.54) is 4.80 Å². The van der Waals surface area contributed by atoms with Crippen LogP contribution < -0.4 is 4.90 Å². The number of rotatable bonds is 5. The van der Waals surface area contributed by atoms with Crippen LogP contribution in [0.4, 0.5) is 5.82 Å². The van der Waals surface area contributed by atoms with Crippen LogP contribution in [-0.2, 0) is 0 Å². The van der Waals surface area contributed by atoms with E-state index in [-0.39, 0.29) is 5.69 Å². The molecule has 0 unspecified atom stereocenters. The molecule has 1 N–H and O–H groups in total. The maximum Gasteiger partial charge on any atom is 0.360 e. The second-order valence-corrected chi connectivity index (χ2v) is 3.97. The van der Waals surface area contributed by atoms with Crippen LogP contribution in [0.1, 0.15) is 24.3 Å². The fourth-order valence-corrected chi connectivity index (χ4v) is 1.85. The molecular weight excluding hydrogens is 244 g/mol. The van der Waals surface area contributed by atoms with E-state index in [2.05, 4.69) is 10.2 Å². The lowest BCUT2D eigenvalue weighted by Gasteiger charge is -2.17. The highest BCUT2D eigenvalue weighted by molar-refractivity contribution is 5.91. The van der Waals surface area contributed by atoms with E-state index in [1.807, 2.05) is 49.1 Å². The van der Waals surface area contributed by atoms with Crippen LogP contribution in [0.2, 0.25) is 0 Å². The molecule has 0 radical (unpaired) electrons. The van der Waals surface area contributed by atoms with Crippen molar-refractivity contribution in [3.05, 3.63) is 36.0 Å². The molecule has 2 aromatic rings. The van der Waals surface area contributed by atoms with Crippen LogP contribution in [0.5, 0.6) is 0 Å². The number of anilines is 1. The summed E-state index contributed by atoms with van der Waals surface area (Å²) >= 11 is 0. The largest absolute Gasteiger partial charge is 0.476 e. The fourth-order valence-electron chi connectivity index (χ4n) is 1.85. The smallest absolute Gasteiger partial charge is 0.360 e. The Morgan fingerprint density at radius 3 is 2.37 bits per heavy atom. The summed E-state index contributed by atoms with van der Waals surface area (Å²) in [6.45, 7) is 5.28. The molecule has 6 nitrogen and oxygen atoms in total. The minimum atomic E-state index is -1.07. The third kappa shape index (κ3) is 2.57. The molecule has 0 aliphatic rings. The molecule has 0 aliphatic carbocycles. The van der Waals surface area contributed by atoms with E-state index >= 15 is 0 Å². The number of carbonyl (C=O) groups is 1. The van der Waals surface area contributed by atoms with Crippen molar-refractivity contribution < 1.29 is 9.90 Å². The molecule has 0 saturated carbocycles. The summed E-state index contributed by atoms with van der Waals surface area (Å²) in [6.07, 6.45) is 0. The molecule has 0 atom stereocenters. The zero-order chi connectivity index (χ0) is 13.8. The Kier molecular flexibility index (Phi) is 3.79. The van der Waals surface area contributed by atoms with Gasteiger partial charge in [0.05, 0.1) is 5.69 Å². The van der Waals surface area contributed by atoms with Crippen molar-refractivity contribution in [2.75, 3.05) is 18.0 Å². The zero-order valence-electron chi connectivity index (χ0n) is 10.9. The van der Waals surface area contributed by atoms with E-state index in [0.717, 1.165) is 5.69 Å². The van der Waals surface area contributed by atoms with Gasteiger partial charge in [0.25, 0.3) is 0 Å². The molecule has 2 rings (SSSR count). The van der Waals surface area contributed by atoms with E-state index in [4.69, 9.17) is 0 Å². The van der Waals surface area contributed by atoms with E-state index in [9.17, 15) is 9.90 Å². The molecule has 19 heavy (non-hydrogen) atoms. The van der Waals surface area contributed by atoms with Gasteiger partial charge in [-0.15, -0.1) is 15.0 Å². The van der Waals surface area contributed by atoms with Crippen LogP contribution in [0, 0.1) is 0 Å². The van der Waals surface area contributed by atoms with Crippen LogP contribution in [0.15, 0.2) is 30.3 Å². The molecule has 0 amide bonds. The van der Waals surface area contributed by atoms with Crippen molar-refractivity contribution >= 4 is 11.8 Å². The lowest BCUT2D eigenvalue weighted by molar-refractivity contribution is 0.0690. The number of hydrogen-bond donors (Lipinski definition) is 1. The van der Waals surface area contributed by atoms with Gasteiger partial charge in [-0.25, -0.2) is 4.79 Å². The van der Waals surface area contributed by atoms with E-state index in [0.29, 0.717) is 18.9 Å². The molecule has 0 bridgehead atoms. The summed E-state index contributed by atoms with van der Waals surface area (Å²) in [5.41, 5.74) is 0.718. The first-order valence-corrected chi connectivity index (χ1v) is 6.18. The first-order chi connectivity index (χ1) is 9.17. The minimum Gasteiger partial charge on any atom is -0.476 e. The number of para-hydroxylation sites is 1. The predicted molar refractivity (Wildman–Crippen MR) is 71.9 cm³/mol. The zero-order valence-corrected chi connectivity index (χ0v) is 10.9. The first-order valence-electron chi connectivity index (χ1n) is 6.18. The highest BCUT2D eigenvalue weighted by atomic mass is 16.4. The standard InChI is InChI=1S/C13H16N4O2/c1-3-16(4-2)12-11(13(18)19)14-17(15-12)10-8-6-5-7-9-10/h5-9H,3-4H2,1-2H3,(H,18,19). The van der Waals surface area contributed by atoms with Gasteiger partial charge in [-0.3, -0.25) is 0 Å². The molecule has 100 valence electrons. The van der Waals surface area contributed by atoms with Crippen molar-refractivity contribution in [1.82, 2.24) is 15.0 Å². The van der Waals surface area contributed by atoms with Gasteiger partial charge in [0, 0.05) is 13.1 Å². The van der Waals surface area contributed by atoms with Gasteiger partial charge in [0.1, 0.15) is 0 Å². The first kappa shape index (κ1) is 13.1. The summed E-state index contributed by atoms with van der Waals surface area (Å²) in [5.74, 6) is -0.662. The van der Waals surface area contributed by atoms with E-state index < -0.39 is 5.97 Å². The van der Waals surface area contributed by atoms with Crippen LogP contribution >= 0.6 is 0 Å². The molecule has 1 aromatic heterocycles. The Morgan fingerprint density at radius 2 is 1.84 bits per heavy atom. The Balaban J connectivity index is 2.49. The maximum absolute atomic E-state index is 11.3. The molecule has 0 spiro atoms. The number of aromatic carboxylic acids is 1. The van der Waals surface area contributed by atoms with Crippen LogP contribution in [0.25, 0.3) is 5.69 Å². The Bertz CT molecular complexity index is 561. The van der Waals surface area contributed by atoms with Gasteiger partial charge in [-0.2, -0.15) is 0 Å². The van der Waals surface area contributed by atoms with Crippen molar-refractivity contribution in [2.24, 2.45) is 0 Å². The summed E-state index contributed by atoms with van der Waals surface area (Å²) in [5, 5.41) is 17.6. The monoisotopic (exact) mass is 260 g/mol. The molecule has 1 aromatic carbocycles. The van der Waals surface area contributed by atoms with Crippen molar-refractivity contribution in [1.29, 1.82) is 0 Å². The van der Waals surface area contributed by atoms with Gasteiger partial charge in [-0.1, -0.05) is 18.2 Å². The van der Waals surface area contributed by atoms with Crippen molar-refractivity contribution in [3.63, 3.8) is 0 Å². The maximum atomic E-state index is 11.3. The summed E-state index contributed by atoms with van der Waals surface area (Å²) in [7, 11) is 0. The Labute approximate surface area is 111 Å². The number of carboxylic acids is 1. The summed E-state index contributed by atoms with van der Waals surface area (Å²) in [6, 6.07) is 9.26. The highest BCUT2D eigenvalue weighted by Gasteiger charge is 2.21. The highest BCUT2D eigenvalue weighted by Crippen LogP contribution is 2.17. The van der Waals surface area contributed by atoms with Gasteiger partial charge in [0.2, 0.25) is 5.69 Å². The van der Waals surface area contributed by atoms with Crippen molar-refractivity contribution in [3.8, 4) is 5.69 Å². The van der Waals surface area contributed by atoms with E-state index in [1.54, 1.807) is 0 Å². The third-order valence-electron chi connectivity index (χ3n) is 2.85. The molecular formula is C13H16N4O2. The van der Waals surface area contributed by atoms with Gasteiger partial charge >= 0.3 is 5.97 Å². The minimum absolute atomic E-state index is 0.0208. The summed E-state index contributed by atoms with van der Waals surface area (Å²) < 4.78 is 0. The number of hydrogen-bond acceptors (Lipinski definition) is 4. The fraction of sp³-hybridized carbons (Fsp3) is 0.308. The number of aromatic nitrogens is 3. The Hall–Kier alpha value is -2.37. The average molecular weight is 260 g/mol. The van der Waals surface area contributed by atoms with Crippen LogP contribution in [-0.4, -0.2) is 39.2 Å². The molecule has 0 saturated heterocycles. The third-order valence-corrected chi connectivity index (χ3v) is 2.85. The predicted octanol–water partition coefficient (Wildman–Crippen LogP) is 1.81. The lowest BCUT2D eigenvalue weighted by atomic mass is 10.3. The van der Waals surface area contributed by atoms with Gasteiger partial charge in [-0.05, 0) is 26.0 Å². The quantitative estimate of drug-likeness (QED) is 0.887. The number of nitrogens with zero attached hydrogens (tertiary/aromatic N) is 4. The van der Waals surface area contributed by atoms with Crippen LogP contribution in [0.3, 0.4) is 0 Å². The molecule has 6 heteroatoms. The lowest BCUT2D eigenvalue weighted by Crippen LogP contribution is -2.24.